The zero-order chi connectivity index (χ0) is 21.0. The first-order valence-corrected chi connectivity index (χ1v) is 11.0. The number of nitrogens with zero attached hydrogens (tertiary/aromatic N) is 2. The van der Waals surface area contributed by atoms with E-state index >= 15 is 0 Å². The molecule has 6 nitrogen and oxygen atoms in total. The number of aromatic nitrogens is 1. The molecule has 6 heteroatoms. The Kier molecular flexibility index (Phi) is 6.96. The Morgan fingerprint density at radius 2 is 1.86 bits per heavy atom. The van der Waals surface area contributed by atoms with Gasteiger partial charge in [-0.05, 0) is 43.5 Å². The third-order valence-corrected chi connectivity index (χ3v) is 5.70. The van der Waals surface area contributed by atoms with Gasteiger partial charge in [-0.2, -0.15) is 0 Å². The van der Waals surface area contributed by atoms with E-state index in [0.29, 0.717) is 12.3 Å². The fraction of sp³-hybridized carbons (Fsp3) is 0.565. The quantitative estimate of drug-likeness (QED) is 0.751. The van der Waals surface area contributed by atoms with Crippen LogP contribution >= 0.6 is 0 Å². The summed E-state index contributed by atoms with van der Waals surface area (Å²) in [6.07, 6.45) is 1.47. The van der Waals surface area contributed by atoms with Crippen molar-refractivity contribution >= 4 is 28.4 Å². The minimum absolute atomic E-state index is 0.0277. The van der Waals surface area contributed by atoms with Crippen LogP contribution in [0.15, 0.2) is 24.3 Å². The predicted molar refractivity (Wildman–Crippen MR) is 117 cm³/mol. The second-order valence-electron chi connectivity index (χ2n) is 8.50. The molecule has 0 radical (unpaired) electrons. The summed E-state index contributed by atoms with van der Waals surface area (Å²) in [5, 5.41) is 3.99. The maximum absolute atomic E-state index is 13.3. The molecule has 0 spiro atoms. The Hall–Kier alpha value is -2.34. The number of carbonyl (C=O) groups excluding carboxylic acids is 2. The van der Waals surface area contributed by atoms with E-state index in [1.807, 2.05) is 43.0 Å². The lowest BCUT2D eigenvalue weighted by atomic mass is 10.1. The number of nitrogens with one attached hydrogen (secondary N) is 2. The topological polar surface area (TPSA) is 58.8 Å². The number of piperazine rings is 1. The van der Waals surface area contributed by atoms with E-state index in [4.69, 9.17) is 0 Å². The van der Waals surface area contributed by atoms with Gasteiger partial charge < -0.3 is 19.7 Å². The number of aryl methyl sites for hydroxylation is 1. The predicted octanol–water partition coefficient (Wildman–Crippen LogP) is 2.40. The van der Waals surface area contributed by atoms with E-state index in [1.165, 1.54) is 0 Å². The molecule has 1 aliphatic rings. The number of hydrogen-bond acceptors (Lipinski definition) is 2. The van der Waals surface area contributed by atoms with Gasteiger partial charge in [0, 0.05) is 29.6 Å². The lowest BCUT2D eigenvalue weighted by Gasteiger charge is -2.31. The normalized spacial score (nSPS) is 15.3. The van der Waals surface area contributed by atoms with Crippen LogP contribution in [0, 0.1) is 5.92 Å². The van der Waals surface area contributed by atoms with Crippen LogP contribution in [0.2, 0.25) is 0 Å². The number of fused-ring (bicyclic) bond motifs is 1. The molecule has 3 rings (SSSR count). The van der Waals surface area contributed by atoms with Crippen LogP contribution < -0.4 is 10.2 Å². The van der Waals surface area contributed by atoms with Crippen LogP contribution in [-0.4, -0.2) is 54.0 Å². The van der Waals surface area contributed by atoms with Crippen molar-refractivity contribution in [1.82, 2.24) is 9.47 Å². The largest absolute Gasteiger partial charge is 0.337 e. The van der Waals surface area contributed by atoms with Crippen LogP contribution in [0.5, 0.6) is 0 Å². The van der Waals surface area contributed by atoms with Crippen molar-refractivity contribution in [2.75, 3.05) is 38.0 Å². The van der Waals surface area contributed by atoms with Gasteiger partial charge in [0.15, 0.2) is 0 Å². The summed E-state index contributed by atoms with van der Waals surface area (Å²) in [5.41, 5.74) is 2.60. The van der Waals surface area contributed by atoms with Gasteiger partial charge in [0.25, 0.3) is 5.91 Å². The summed E-state index contributed by atoms with van der Waals surface area (Å²) in [6.45, 7) is 14.0. The van der Waals surface area contributed by atoms with Crippen LogP contribution in [0.3, 0.4) is 0 Å². The van der Waals surface area contributed by atoms with Crippen molar-refractivity contribution in [3.63, 3.8) is 0 Å². The smallest absolute Gasteiger partial charge is 0.270 e. The first-order chi connectivity index (χ1) is 13.9. The van der Waals surface area contributed by atoms with Crippen LogP contribution in [0.1, 0.15) is 51.0 Å². The van der Waals surface area contributed by atoms with Gasteiger partial charge in [-0.3, -0.25) is 9.59 Å². The molecule has 1 fully saturated rings. The summed E-state index contributed by atoms with van der Waals surface area (Å²) in [4.78, 5) is 28.9. The Morgan fingerprint density at radius 1 is 1.14 bits per heavy atom. The summed E-state index contributed by atoms with van der Waals surface area (Å²) in [5.74, 6) is 0.471. The van der Waals surface area contributed by atoms with Crippen LogP contribution in [-0.2, 0) is 11.3 Å². The standard InChI is InChI=1S/C23H34N4O2/c1-5-9-27-20-8-7-19(24-22(28)14-17(3)4)15-18(20)16-21(27)23(29)26-12-10-25(6-2)11-13-26/h7-8,15-17H,5-6,9-14H2,1-4H3,(H,24,28)/p+1. The number of anilines is 1. The van der Waals surface area contributed by atoms with E-state index in [2.05, 4.69) is 23.7 Å². The summed E-state index contributed by atoms with van der Waals surface area (Å²) < 4.78 is 2.14. The second kappa shape index (κ2) is 9.44. The van der Waals surface area contributed by atoms with Gasteiger partial charge in [-0.25, -0.2) is 0 Å². The third-order valence-electron chi connectivity index (χ3n) is 5.70. The van der Waals surface area contributed by atoms with Crippen molar-refractivity contribution in [1.29, 1.82) is 0 Å². The Morgan fingerprint density at radius 3 is 2.48 bits per heavy atom. The molecule has 29 heavy (non-hydrogen) atoms. The number of rotatable bonds is 7. The lowest BCUT2D eigenvalue weighted by molar-refractivity contribution is -0.902. The van der Waals surface area contributed by atoms with Crippen LogP contribution in [0.25, 0.3) is 10.9 Å². The molecule has 2 heterocycles. The van der Waals surface area contributed by atoms with Gasteiger partial charge in [-0.1, -0.05) is 20.8 Å². The number of likely N-dealkylation sites (N-methyl/N-ethyl adjacent to an activating group) is 1. The highest BCUT2D eigenvalue weighted by Crippen LogP contribution is 2.25. The van der Waals surface area contributed by atoms with E-state index in [9.17, 15) is 9.59 Å². The Bertz CT molecular complexity index is 863. The molecule has 0 aliphatic carbocycles. The minimum atomic E-state index is 0.0277. The Balaban J connectivity index is 1.85. The zero-order valence-electron chi connectivity index (χ0n) is 18.3. The van der Waals surface area contributed by atoms with Crippen molar-refractivity contribution < 1.29 is 14.5 Å². The molecule has 0 unspecified atom stereocenters. The lowest BCUT2D eigenvalue weighted by Crippen LogP contribution is -3.14. The molecule has 158 valence electrons. The molecular weight excluding hydrogens is 364 g/mol. The number of quaternary nitrogens is 1. The number of hydrogen-bond donors (Lipinski definition) is 2. The van der Waals surface area contributed by atoms with Gasteiger partial charge >= 0.3 is 0 Å². The fourth-order valence-electron chi connectivity index (χ4n) is 4.11. The maximum Gasteiger partial charge on any atom is 0.270 e. The highest BCUT2D eigenvalue weighted by Gasteiger charge is 2.26. The number of amides is 2. The molecule has 0 atom stereocenters. The summed E-state index contributed by atoms with van der Waals surface area (Å²) in [7, 11) is 0. The first-order valence-electron chi connectivity index (χ1n) is 11.0. The average molecular weight is 400 g/mol. The average Bonchev–Trinajstić information content (AvgIpc) is 3.05. The minimum Gasteiger partial charge on any atom is -0.337 e. The fourth-order valence-corrected chi connectivity index (χ4v) is 4.11. The maximum atomic E-state index is 13.3. The highest BCUT2D eigenvalue weighted by atomic mass is 16.2. The van der Waals surface area contributed by atoms with E-state index in [0.717, 1.165) is 68.0 Å². The number of benzene rings is 1. The molecule has 2 aromatic rings. The van der Waals surface area contributed by atoms with E-state index in [-0.39, 0.29) is 11.8 Å². The van der Waals surface area contributed by atoms with Crippen molar-refractivity contribution in [3.8, 4) is 0 Å². The molecule has 1 aromatic heterocycles. The molecule has 2 N–H and O–H groups in total. The van der Waals surface area contributed by atoms with Crippen molar-refractivity contribution in [2.45, 2.75) is 47.1 Å². The Labute approximate surface area is 173 Å². The van der Waals surface area contributed by atoms with E-state index < -0.39 is 0 Å². The summed E-state index contributed by atoms with van der Waals surface area (Å²) >= 11 is 0. The molecule has 1 aromatic carbocycles. The third kappa shape index (κ3) is 4.99. The van der Waals surface area contributed by atoms with Gasteiger partial charge in [0.05, 0.1) is 32.7 Å². The monoisotopic (exact) mass is 399 g/mol. The van der Waals surface area contributed by atoms with Gasteiger partial charge in [-0.15, -0.1) is 0 Å². The zero-order valence-corrected chi connectivity index (χ0v) is 18.3. The molecular formula is C23H35N4O2+. The molecule has 2 amide bonds. The van der Waals surface area contributed by atoms with Gasteiger partial charge in [0.2, 0.25) is 5.91 Å². The van der Waals surface area contributed by atoms with Crippen LogP contribution in [0.4, 0.5) is 5.69 Å². The SMILES string of the molecule is CCCn1c(C(=O)N2CC[NH+](CC)CC2)cc2cc(NC(=O)CC(C)C)ccc21. The molecule has 0 saturated carbocycles. The molecule has 1 aliphatic heterocycles. The van der Waals surface area contributed by atoms with Crippen molar-refractivity contribution in [3.05, 3.63) is 30.0 Å². The number of carbonyl (C=O) groups is 2. The summed E-state index contributed by atoms with van der Waals surface area (Å²) in [6, 6.07) is 7.93. The molecule has 1 saturated heterocycles. The van der Waals surface area contributed by atoms with E-state index in [1.54, 1.807) is 4.90 Å². The second-order valence-corrected chi connectivity index (χ2v) is 8.50. The van der Waals surface area contributed by atoms with Gasteiger partial charge in [0.1, 0.15) is 5.69 Å². The highest BCUT2D eigenvalue weighted by molar-refractivity contribution is 6.00. The van der Waals surface area contributed by atoms with Crippen molar-refractivity contribution in [2.24, 2.45) is 5.92 Å². The molecule has 0 bridgehead atoms. The first kappa shape index (κ1) is 21.4.